The number of aryl methyl sites for hydroxylation is 1. The summed E-state index contributed by atoms with van der Waals surface area (Å²) >= 11 is 0. The lowest BCUT2D eigenvalue weighted by molar-refractivity contribution is 0.289. The number of ether oxygens (including phenoxy) is 2. The van der Waals surface area contributed by atoms with E-state index >= 15 is 0 Å². The summed E-state index contributed by atoms with van der Waals surface area (Å²) in [4.78, 5) is 0. The zero-order chi connectivity index (χ0) is 18.6. The molecule has 0 fully saturated rings. The van der Waals surface area contributed by atoms with Crippen LogP contribution in [0.1, 0.15) is 37.5 Å². The van der Waals surface area contributed by atoms with E-state index in [0.717, 1.165) is 29.0 Å². The second-order valence-electron chi connectivity index (χ2n) is 5.71. The van der Waals surface area contributed by atoms with E-state index in [0.29, 0.717) is 13.2 Å². The van der Waals surface area contributed by atoms with Crippen molar-refractivity contribution in [3.63, 3.8) is 0 Å². The smallest absolute Gasteiger partial charge is 0.123 e. The highest BCUT2D eigenvalue weighted by Crippen LogP contribution is 2.25. The molecule has 2 nitrogen and oxygen atoms in total. The first-order valence-electron chi connectivity index (χ1n) is 9.31. The molecule has 3 aromatic rings. The molecule has 0 amide bonds. The molecule has 0 saturated heterocycles. The first-order valence-corrected chi connectivity index (χ1v) is 9.31. The third-order valence-electron chi connectivity index (χ3n) is 3.84. The zero-order valence-corrected chi connectivity index (χ0v) is 15.9. The largest absolute Gasteiger partial charge is 0.489 e. The van der Waals surface area contributed by atoms with E-state index in [4.69, 9.17) is 9.47 Å². The average Bonchev–Trinajstić information content (AvgIpc) is 2.73. The summed E-state index contributed by atoms with van der Waals surface area (Å²) < 4.78 is 11.9. The predicted octanol–water partition coefficient (Wildman–Crippen LogP) is 6.43. The van der Waals surface area contributed by atoms with Crippen molar-refractivity contribution in [2.75, 3.05) is 0 Å². The van der Waals surface area contributed by atoms with Gasteiger partial charge in [-0.1, -0.05) is 81.4 Å². The highest BCUT2D eigenvalue weighted by Gasteiger charge is 2.04. The van der Waals surface area contributed by atoms with Gasteiger partial charge in [-0.05, 0) is 35.2 Å². The monoisotopic (exact) mass is 348 g/mol. The Balaban J connectivity index is 0.00000117. The van der Waals surface area contributed by atoms with Gasteiger partial charge in [0.15, 0.2) is 0 Å². The highest BCUT2D eigenvalue weighted by molar-refractivity contribution is 5.39. The van der Waals surface area contributed by atoms with Crippen LogP contribution in [0, 0.1) is 0 Å². The molecule has 0 aromatic heterocycles. The molecule has 0 aliphatic heterocycles. The molecule has 3 rings (SSSR count). The molecule has 2 heteroatoms. The van der Waals surface area contributed by atoms with Gasteiger partial charge in [-0.3, -0.25) is 0 Å². The fraction of sp³-hybridized carbons (Fsp3) is 0.250. The van der Waals surface area contributed by atoms with Crippen molar-refractivity contribution in [2.45, 2.75) is 40.4 Å². The molecule has 26 heavy (non-hydrogen) atoms. The van der Waals surface area contributed by atoms with Crippen LogP contribution < -0.4 is 9.47 Å². The summed E-state index contributed by atoms with van der Waals surface area (Å²) in [5.41, 5.74) is 3.53. The Morgan fingerprint density at radius 2 is 1.00 bits per heavy atom. The molecule has 3 aromatic carbocycles. The van der Waals surface area contributed by atoms with E-state index in [2.05, 4.69) is 43.3 Å². The minimum atomic E-state index is 0.562. The van der Waals surface area contributed by atoms with Crippen molar-refractivity contribution in [2.24, 2.45) is 0 Å². The number of hydrogen-bond acceptors (Lipinski definition) is 2. The molecule has 0 atom stereocenters. The van der Waals surface area contributed by atoms with Crippen molar-refractivity contribution in [3.05, 3.63) is 95.6 Å². The Kier molecular flexibility index (Phi) is 8.28. The number of rotatable bonds is 7. The molecule has 0 aliphatic carbocycles. The molecule has 0 heterocycles. The molecule has 0 spiro atoms. The molecule has 0 bridgehead atoms. The molecular formula is C24H28O2. The maximum Gasteiger partial charge on any atom is 0.123 e. The van der Waals surface area contributed by atoms with E-state index in [-0.39, 0.29) is 0 Å². The Bertz CT molecular complexity index is 690. The maximum atomic E-state index is 5.95. The van der Waals surface area contributed by atoms with Crippen LogP contribution in [0.5, 0.6) is 11.5 Å². The van der Waals surface area contributed by atoms with Crippen molar-refractivity contribution >= 4 is 0 Å². The standard InChI is InChI=1S/C22H22O2.C2H6/c1-2-18-13-21(23-16-19-9-5-3-6-10-19)15-22(14-18)24-17-20-11-7-4-8-12-20;1-2/h3-15H,2,16-17H2,1H3;1-2H3. The van der Waals surface area contributed by atoms with Crippen LogP contribution in [0.4, 0.5) is 0 Å². The van der Waals surface area contributed by atoms with Gasteiger partial charge in [0, 0.05) is 6.07 Å². The van der Waals surface area contributed by atoms with Crippen molar-refractivity contribution in [3.8, 4) is 11.5 Å². The van der Waals surface area contributed by atoms with Crippen LogP contribution in [0.15, 0.2) is 78.9 Å². The third kappa shape index (κ3) is 6.29. The summed E-state index contributed by atoms with van der Waals surface area (Å²) in [5.74, 6) is 1.70. The van der Waals surface area contributed by atoms with Gasteiger partial charge >= 0.3 is 0 Å². The Hall–Kier alpha value is -2.74. The zero-order valence-electron chi connectivity index (χ0n) is 15.9. The summed E-state index contributed by atoms with van der Waals surface area (Å²) in [6.45, 7) is 7.26. The quantitative estimate of drug-likeness (QED) is 0.489. The van der Waals surface area contributed by atoms with Crippen molar-refractivity contribution in [1.82, 2.24) is 0 Å². The molecular weight excluding hydrogens is 320 g/mol. The molecule has 0 unspecified atom stereocenters. The first-order chi connectivity index (χ1) is 12.8. The lowest BCUT2D eigenvalue weighted by Gasteiger charge is -2.12. The van der Waals surface area contributed by atoms with E-state index in [1.165, 1.54) is 5.56 Å². The summed E-state index contributed by atoms with van der Waals surface area (Å²) in [6, 6.07) is 26.5. The van der Waals surface area contributed by atoms with Gasteiger partial charge in [0.05, 0.1) is 0 Å². The van der Waals surface area contributed by atoms with Gasteiger partial charge in [0.1, 0.15) is 24.7 Å². The Morgan fingerprint density at radius 3 is 1.38 bits per heavy atom. The SMILES string of the molecule is CC.CCc1cc(OCc2ccccc2)cc(OCc2ccccc2)c1. The summed E-state index contributed by atoms with van der Waals surface area (Å²) in [5, 5.41) is 0. The summed E-state index contributed by atoms with van der Waals surface area (Å²) in [6.07, 6.45) is 0.949. The summed E-state index contributed by atoms with van der Waals surface area (Å²) in [7, 11) is 0. The lowest BCUT2D eigenvalue weighted by atomic mass is 10.1. The highest BCUT2D eigenvalue weighted by atomic mass is 16.5. The average molecular weight is 348 g/mol. The van der Waals surface area contributed by atoms with Crippen molar-refractivity contribution in [1.29, 1.82) is 0 Å². The number of hydrogen-bond donors (Lipinski definition) is 0. The van der Waals surface area contributed by atoms with Gasteiger partial charge in [0.25, 0.3) is 0 Å². The van der Waals surface area contributed by atoms with Gasteiger partial charge in [-0.25, -0.2) is 0 Å². The van der Waals surface area contributed by atoms with Crippen LogP contribution in [0.25, 0.3) is 0 Å². The minimum absolute atomic E-state index is 0.562. The van der Waals surface area contributed by atoms with Gasteiger partial charge in [-0.2, -0.15) is 0 Å². The maximum absolute atomic E-state index is 5.95. The van der Waals surface area contributed by atoms with E-state index in [9.17, 15) is 0 Å². The lowest BCUT2D eigenvalue weighted by Crippen LogP contribution is -1.99. The molecule has 0 radical (unpaired) electrons. The molecule has 0 saturated carbocycles. The molecule has 0 N–H and O–H groups in total. The van der Waals surface area contributed by atoms with Crippen LogP contribution in [0.2, 0.25) is 0 Å². The van der Waals surface area contributed by atoms with Crippen LogP contribution in [-0.2, 0) is 19.6 Å². The first kappa shape index (κ1) is 19.6. The topological polar surface area (TPSA) is 18.5 Å². The van der Waals surface area contributed by atoms with Gasteiger partial charge in [-0.15, -0.1) is 0 Å². The van der Waals surface area contributed by atoms with Crippen LogP contribution >= 0.6 is 0 Å². The Morgan fingerprint density at radius 1 is 0.577 bits per heavy atom. The van der Waals surface area contributed by atoms with E-state index in [1.54, 1.807) is 0 Å². The second-order valence-corrected chi connectivity index (χ2v) is 5.71. The Labute approximate surface area is 157 Å². The van der Waals surface area contributed by atoms with Gasteiger partial charge < -0.3 is 9.47 Å². The number of benzene rings is 3. The molecule has 136 valence electrons. The third-order valence-corrected chi connectivity index (χ3v) is 3.84. The predicted molar refractivity (Wildman–Crippen MR) is 109 cm³/mol. The van der Waals surface area contributed by atoms with E-state index in [1.807, 2.05) is 56.3 Å². The van der Waals surface area contributed by atoms with E-state index < -0.39 is 0 Å². The second kappa shape index (κ2) is 11.0. The van der Waals surface area contributed by atoms with Crippen LogP contribution in [-0.4, -0.2) is 0 Å². The van der Waals surface area contributed by atoms with Gasteiger partial charge in [0.2, 0.25) is 0 Å². The van der Waals surface area contributed by atoms with Crippen LogP contribution in [0.3, 0.4) is 0 Å². The fourth-order valence-electron chi connectivity index (χ4n) is 2.48. The molecule has 0 aliphatic rings. The normalized spacial score (nSPS) is 9.81. The van der Waals surface area contributed by atoms with Crippen molar-refractivity contribution < 1.29 is 9.47 Å². The fourth-order valence-corrected chi connectivity index (χ4v) is 2.48. The minimum Gasteiger partial charge on any atom is -0.489 e.